The lowest BCUT2D eigenvalue weighted by atomic mass is 10.2. The monoisotopic (exact) mass is 462 g/mol. The lowest BCUT2D eigenvalue weighted by Gasteiger charge is -2.31. The van der Waals surface area contributed by atoms with Crippen molar-refractivity contribution in [1.29, 1.82) is 0 Å². The number of thiophene rings is 1. The summed E-state index contributed by atoms with van der Waals surface area (Å²) >= 11 is 7.15. The highest BCUT2D eigenvalue weighted by Gasteiger charge is 2.33. The molecule has 1 aromatic carbocycles. The Bertz CT molecular complexity index is 1240. The fourth-order valence-electron chi connectivity index (χ4n) is 3.18. The van der Waals surface area contributed by atoms with Crippen LogP contribution in [0.5, 0.6) is 0 Å². The van der Waals surface area contributed by atoms with Crippen LogP contribution in [-0.4, -0.2) is 48.1 Å². The maximum Gasteiger partial charge on any atom is 0.253 e. The SMILES string of the molecule is Nc1ccncc1C/C=C/N1CCN(S(=O)(=O)c2cc3ccc(Cl)cc3s2)CC1=O. The number of aromatic nitrogens is 1. The second-order valence-corrected chi connectivity index (χ2v) is 10.5. The van der Waals surface area contributed by atoms with E-state index in [1.54, 1.807) is 48.9 Å². The number of anilines is 1. The first-order valence-electron chi connectivity index (χ1n) is 9.18. The molecule has 0 radical (unpaired) electrons. The van der Waals surface area contributed by atoms with Crippen LogP contribution in [0, 0.1) is 0 Å². The molecular weight excluding hydrogens is 444 g/mol. The van der Waals surface area contributed by atoms with Crippen LogP contribution in [0.3, 0.4) is 0 Å². The zero-order chi connectivity index (χ0) is 21.3. The summed E-state index contributed by atoms with van der Waals surface area (Å²) in [6.45, 7) is 0.312. The number of nitrogens with two attached hydrogens (primary N) is 1. The number of halogens is 1. The second-order valence-electron chi connectivity index (χ2n) is 6.84. The van der Waals surface area contributed by atoms with Crippen LogP contribution in [0.15, 0.2) is 59.2 Å². The number of rotatable bonds is 5. The van der Waals surface area contributed by atoms with Gasteiger partial charge in [-0.1, -0.05) is 23.7 Å². The molecule has 1 amide bonds. The van der Waals surface area contributed by atoms with E-state index in [0.29, 0.717) is 17.1 Å². The van der Waals surface area contributed by atoms with Crippen molar-refractivity contribution >= 4 is 54.6 Å². The Morgan fingerprint density at radius 2 is 2.07 bits per heavy atom. The third kappa shape index (κ3) is 4.20. The van der Waals surface area contributed by atoms with Gasteiger partial charge < -0.3 is 10.6 Å². The van der Waals surface area contributed by atoms with Gasteiger partial charge in [0.05, 0.1) is 6.54 Å². The average Bonchev–Trinajstić information content (AvgIpc) is 3.14. The van der Waals surface area contributed by atoms with Crippen molar-refractivity contribution in [2.24, 2.45) is 0 Å². The largest absolute Gasteiger partial charge is 0.398 e. The predicted octanol–water partition coefficient (Wildman–Crippen LogP) is 3.12. The van der Waals surface area contributed by atoms with Crippen LogP contribution in [0.4, 0.5) is 5.69 Å². The Labute approximate surface area is 183 Å². The number of amides is 1. The van der Waals surface area contributed by atoms with E-state index in [-0.39, 0.29) is 29.8 Å². The van der Waals surface area contributed by atoms with E-state index >= 15 is 0 Å². The van der Waals surface area contributed by atoms with Crippen LogP contribution in [0.25, 0.3) is 10.1 Å². The average molecular weight is 463 g/mol. The van der Waals surface area contributed by atoms with Crippen molar-refractivity contribution in [1.82, 2.24) is 14.2 Å². The summed E-state index contributed by atoms with van der Waals surface area (Å²) < 4.78 is 28.3. The van der Waals surface area contributed by atoms with Crippen LogP contribution in [0.2, 0.25) is 5.02 Å². The van der Waals surface area contributed by atoms with Gasteiger partial charge in [0, 0.05) is 47.1 Å². The molecule has 0 aliphatic carbocycles. The molecule has 1 aliphatic rings. The number of piperazine rings is 1. The summed E-state index contributed by atoms with van der Waals surface area (Å²) in [6.07, 6.45) is 7.35. The van der Waals surface area contributed by atoms with E-state index in [1.807, 2.05) is 6.08 Å². The van der Waals surface area contributed by atoms with Crippen molar-refractivity contribution in [3.05, 3.63) is 65.6 Å². The molecule has 4 rings (SSSR count). The highest BCUT2D eigenvalue weighted by Crippen LogP contribution is 2.33. The molecule has 0 atom stereocenters. The number of allylic oxidation sites excluding steroid dienone is 1. The third-order valence-electron chi connectivity index (χ3n) is 4.84. The molecule has 2 aromatic heterocycles. The first kappa shape index (κ1) is 20.8. The molecule has 3 heterocycles. The quantitative estimate of drug-likeness (QED) is 0.628. The van der Waals surface area contributed by atoms with Gasteiger partial charge in [-0.3, -0.25) is 9.78 Å². The fraction of sp³-hybridized carbons (Fsp3) is 0.200. The van der Waals surface area contributed by atoms with Gasteiger partial charge in [-0.2, -0.15) is 4.31 Å². The molecule has 1 saturated heterocycles. The van der Waals surface area contributed by atoms with Crippen LogP contribution < -0.4 is 5.73 Å². The third-order valence-corrected chi connectivity index (χ3v) is 8.47. The minimum absolute atomic E-state index is 0.198. The van der Waals surface area contributed by atoms with E-state index in [1.165, 1.54) is 9.21 Å². The number of fused-ring (bicyclic) bond motifs is 1. The van der Waals surface area contributed by atoms with E-state index in [9.17, 15) is 13.2 Å². The topological polar surface area (TPSA) is 96.6 Å². The molecule has 156 valence electrons. The van der Waals surface area contributed by atoms with Gasteiger partial charge in [0.25, 0.3) is 10.0 Å². The molecule has 0 saturated carbocycles. The van der Waals surface area contributed by atoms with Gasteiger partial charge >= 0.3 is 0 Å². The molecule has 1 aliphatic heterocycles. The van der Waals surface area contributed by atoms with E-state index in [4.69, 9.17) is 17.3 Å². The number of nitrogens with zero attached hydrogens (tertiary/aromatic N) is 3. The summed E-state index contributed by atoms with van der Waals surface area (Å²) in [7, 11) is -3.75. The number of carbonyl (C=O) groups is 1. The van der Waals surface area contributed by atoms with Crippen LogP contribution in [-0.2, 0) is 21.2 Å². The van der Waals surface area contributed by atoms with Gasteiger partial charge in [0.1, 0.15) is 4.21 Å². The van der Waals surface area contributed by atoms with Crippen molar-refractivity contribution < 1.29 is 13.2 Å². The number of hydrogen-bond acceptors (Lipinski definition) is 6. The molecule has 2 N–H and O–H groups in total. The summed E-state index contributed by atoms with van der Waals surface area (Å²) in [4.78, 5) is 18.1. The van der Waals surface area contributed by atoms with E-state index < -0.39 is 10.0 Å². The second kappa shape index (κ2) is 8.35. The summed E-state index contributed by atoms with van der Waals surface area (Å²) in [5, 5.41) is 1.36. The highest BCUT2D eigenvalue weighted by atomic mass is 35.5. The first-order valence-corrected chi connectivity index (χ1v) is 11.8. The van der Waals surface area contributed by atoms with E-state index in [0.717, 1.165) is 27.0 Å². The smallest absolute Gasteiger partial charge is 0.253 e. The van der Waals surface area contributed by atoms with Gasteiger partial charge in [0.2, 0.25) is 5.91 Å². The minimum Gasteiger partial charge on any atom is -0.398 e. The van der Waals surface area contributed by atoms with Crippen LogP contribution in [0.1, 0.15) is 5.56 Å². The molecule has 1 fully saturated rings. The molecule has 0 bridgehead atoms. The minimum atomic E-state index is -3.75. The molecule has 0 unspecified atom stereocenters. The normalized spacial score (nSPS) is 16.0. The Kier molecular flexibility index (Phi) is 5.79. The Hall–Kier alpha value is -2.46. The first-order chi connectivity index (χ1) is 14.3. The molecular formula is C20H19ClN4O3S2. The number of nitrogen functional groups attached to an aromatic ring is 1. The van der Waals surface area contributed by atoms with Crippen molar-refractivity contribution in [3.63, 3.8) is 0 Å². The molecule has 7 nitrogen and oxygen atoms in total. The fourth-order valence-corrected chi connectivity index (χ4v) is 6.39. The summed E-state index contributed by atoms with van der Waals surface area (Å²) in [5.41, 5.74) is 7.40. The van der Waals surface area contributed by atoms with Gasteiger partial charge in [-0.05, 0) is 41.6 Å². The summed E-state index contributed by atoms with van der Waals surface area (Å²) in [6, 6.07) is 8.60. The Morgan fingerprint density at radius 1 is 1.23 bits per heavy atom. The molecule has 3 aromatic rings. The zero-order valence-corrected chi connectivity index (χ0v) is 18.3. The van der Waals surface area contributed by atoms with Gasteiger partial charge in [-0.25, -0.2) is 8.42 Å². The summed E-state index contributed by atoms with van der Waals surface area (Å²) in [5.74, 6) is -0.274. The highest BCUT2D eigenvalue weighted by molar-refractivity contribution is 7.91. The number of pyridine rings is 1. The van der Waals surface area contributed by atoms with Crippen LogP contribution >= 0.6 is 22.9 Å². The van der Waals surface area contributed by atoms with E-state index in [2.05, 4.69) is 4.98 Å². The molecule has 10 heteroatoms. The molecule has 30 heavy (non-hydrogen) atoms. The van der Waals surface area contributed by atoms with Crippen molar-refractivity contribution in [2.45, 2.75) is 10.6 Å². The predicted molar refractivity (Wildman–Crippen MR) is 119 cm³/mol. The number of hydrogen-bond donors (Lipinski definition) is 1. The Balaban J connectivity index is 1.44. The van der Waals surface area contributed by atoms with Crippen molar-refractivity contribution in [2.75, 3.05) is 25.4 Å². The lowest BCUT2D eigenvalue weighted by Crippen LogP contribution is -2.50. The molecule has 0 spiro atoms. The lowest BCUT2D eigenvalue weighted by molar-refractivity contribution is -0.131. The zero-order valence-electron chi connectivity index (χ0n) is 15.9. The van der Waals surface area contributed by atoms with Gasteiger partial charge in [-0.15, -0.1) is 11.3 Å². The standard InChI is InChI=1S/C20H19ClN4O3S2/c21-16-4-3-14-10-20(29-18(14)11-16)30(27,28)25-9-8-24(19(26)13-25)7-1-2-15-12-23-6-5-17(15)22/h1,3-7,10-12H,2,8-9,13H2,(H2,22,23)/b7-1+. The maximum atomic E-state index is 13.0. The maximum absolute atomic E-state index is 13.0. The van der Waals surface area contributed by atoms with Crippen molar-refractivity contribution in [3.8, 4) is 0 Å². The number of benzene rings is 1. The van der Waals surface area contributed by atoms with Gasteiger partial charge in [0.15, 0.2) is 0 Å². The number of sulfonamides is 1. The Morgan fingerprint density at radius 3 is 2.83 bits per heavy atom. The number of carbonyl (C=O) groups excluding carboxylic acids is 1.